The molecule has 3 rings (SSSR count). The second-order valence-electron chi connectivity index (χ2n) is 5.73. The standard InChI is InChI=1S/C13H20N4O3S/c1-15-9-11(7-12(15)13(14)18)21(19,20)17-6-5-16-4-2-3-10(16)8-17/h7,9-10H,2-6,8H2,1H3,(H2,14,18). The van der Waals surface area contributed by atoms with Gasteiger partial charge in [-0.25, -0.2) is 8.42 Å². The Labute approximate surface area is 124 Å². The molecule has 21 heavy (non-hydrogen) atoms. The average Bonchev–Trinajstić information content (AvgIpc) is 3.03. The molecule has 2 aliphatic rings. The van der Waals surface area contributed by atoms with Crippen molar-refractivity contribution in [3.63, 3.8) is 0 Å². The third-order valence-electron chi connectivity index (χ3n) is 4.42. The maximum atomic E-state index is 12.7. The van der Waals surface area contributed by atoms with Crippen LogP contribution in [0.25, 0.3) is 0 Å². The molecule has 2 N–H and O–H groups in total. The van der Waals surface area contributed by atoms with Crippen molar-refractivity contribution in [3.05, 3.63) is 18.0 Å². The summed E-state index contributed by atoms with van der Waals surface area (Å²) in [5.74, 6) is -0.625. The zero-order chi connectivity index (χ0) is 15.2. The van der Waals surface area contributed by atoms with Crippen LogP contribution in [0, 0.1) is 0 Å². The van der Waals surface area contributed by atoms with Gasteiger partial charge in [0, 0.05) is 38.9 Å². The predicted molar refractivity (Wildman–Crippen MR) is 77.3 cm³/mol. The molecule has 2 saturated heterocycles. The number of aryl methyl sites for hydroxylation is 1. The number of aromatic nitrogens is 1. The number of amides is 1. The quantitative estimate of drug-likeness (QED) is 0.822. The van der Waals surface area contributed by atoms with E-state index >= 15 is 0 Å². The maximum absolute atomic E-state index is 12.7. The zero-order valence-electron chi connectivity index (χ0n) is 12.0. The molecule has 1 aromatic heterocycles. The Morgan fingerprint density at radius 3 is 2.76 bits per heavy atom. The first kappa shape index (κ1) is 14.6. The van der Waals surface area contributed by atoms with Gasteiger partial charge >= 0.3 is 0 Å². The molecule has 2 aliphatic heterocycles. The molecule has 0 aliphatic carbocycles. The molecule has 3 heterocycles. The van der Waals surface area contributed by atoms with E-state index in [-0.39, 0.29) is 10.6 Å². The molecule has 0 bridgehead atoms. The smallest absolute Gasteiger partial charge is 0.265 e. The predicted octanol–water partition coefficient (Wildman–Crippen LogP) is -0.407. The number of rotatable bonds is 3. The Hall–Kier alpha value is -1.38. The van der Waals surface area contributed by atoms with Crippen molar-refractivity contribution in [2.24, 2.45) is 12.8 Å². The molecule has 116 valence electrons. The lowest BCUT2D eigenvalue weighted by Crippen LogP contribution is -2.51. The summed E-state index contributed by atoms with van der Waals surface area (Å²) < 4.78 is 28.4. The highest BCUT2D eigenvalue weighted by Crippen LogP contribution is 2.26. The van der Waals surface area contributed by atoms with Gasteiger partial charge in [0.1, 0.15) is 10.6 Å². The Morgan fingerprint density at radius 2 is 2.10 bits per heavy atom. The SMILES string of the molecule is Cn1cc(S(=O)(=O)N2CCN3CCCC3C2)cc1C(N)=O. The molecule has 8 heteroatoms. The van der Waals surface area contributed by atoms with Gasteiger partial charge in [-0.05, 0) is 25.5 Å². The highest BCUT2D eigenvalue weighted by atomic mass is 32.2. The fourth-order valence-electron chi connectivity index (χ4n) is 3.25. The van der Waals surface area contributed by atoms with Crippen molar-refractivity contribution >= 4 is 15.9 Å². The second kappa shape index (κ2) is 5.11. The normalized spacial score (nSPS) is 24.1. The van der Waals surface area contributed by atoms with E-state index in [0.717, 1.165) is 25.9 Å². The number of fused-ring (bicyclic) bond motifs is 1. The van der Waals surface area contributed by atoms with Gasteiger partial charge in [-0.2, -0.15) is 4.31 Å². The minimum atomic E-state index is -3.56. The maximum Gasteiger partial charge on any atom is 0.265 e. The van der Waals surface area contributed by atoms with Gasteiger partial charge in [0.25, 0.3) is 5.91 Å². The van der Waals surface area contributed by atoms with E-state index in [1.54, 1.807) is 7.05 Å². The van der Waals surface area contributed by atoms with Gasteiger partial charge in [0.2, 0.25) is 10.0 Å². The lowest BCUT2D eigenvalue weighted by molar-refractivity contribution is 0.0992. The fraction of sp³-hybridized carbons (Fsp3) is 0.615. The number of piperazine rings is 1. The Morgan fingerprint density at radius 1 is 1.33 bits per heavy atom. The van der Waals surface area contributed by atoms with Gasteiger partial charge in [-0.15, -0.1) is 0 Å². The van der Waals surface area contributed by atoms with E-state index in [4.69, 9.17) is 5.73 Å². The van der Waals surface area contributed by atoms with Gasteiger partial charge < -0.3 is 10.3 Å². The van der Waals surface area contributed by atoms with Crippen LogP contribution in [-0.4, -0.2) is 60.3 Å². The Balaban J connectivity index is 1.86. The third kappa shape index (κ3) is 2.47. The molecular weight excluding hydrogens is 292 g/mol. The minimum absolute atomic E-state index is 0.144. The van der Waals surface area contributed by atoms with E-state index in [9.17, 15) is 13.2 Å². The number of carbonyl (C=O) groups is 1. The first-order valence-electron chi connectivity index (χ1n) is 7.10. The zero-order valence-corrected chi connectivity index (χ0v) is 12.8. The van der Waals surface area contributed by atoms with Gasteiger partial charge in [-0.1, -0.05) is 0 Å². The van der Waals surface area contributed by atoms with Crippen molar-refractivity contribution in [1.82, 2.24) is 13.8 Å². The van der Waals surface area contributed by atoms with Crippen molar-refractivity contribution in [1.29, 1.82) is 0 Å². The molecule has 1 amide bonds. The van der Waals surface area contributed by atoms with Crippen LogP contribution in [0.1, 0.15) is 23.3 Å². The number of primary amides is 1. The van der Waals surface area contributed by atoms with E-state index in [1.165, 1.54) is 21.1 Å². The molecular formula is C13H20N4O3S. The number of hydrogen-bond acceptors (Lipinski definition) is 4. The lowest BCUT2D eigenvalue weighted by atomic mass is 10.2. The van der Waals surface area contributed by atoms with Crippen molar-refractivity contribution in [2.45, 2.75) is 23.8 Å². The molecule has 2 fully saturated rings. The summed E-state index contributed by atoms with van der Waals surface area (Å²) in [5, 5.41) is 0. The van der Waals surface area contributed by atoms with Crippen molar-refractivity contribution in [2.75, 3.05) is 26.2 Å². The van der Waals surface area contributed by atoms with Gasteiger partial charge in [0.05, 0.1) is 0 Å². The Kier molecular flexibility index (Phi) is 3.54. The first-order valence-corrected chi connectivity index (χ1v) is 8.54. The van der Waals surface area contributed by atoms with Crippen molar-refractivity contribution < 1.29 is 13.2 Å². The van der Waals surface area contributed by atoms with Crippen LogP contribution in [-0.2, 0) is 17.1 Å². The summed E-state index contributed by atoms with van der Waals surface area (Å²) in [5.41, 5.74) is 5.45. The molecule has 0 saturated carbocycles. The molecule has 1 unspecified atom stereocenters. The number of hydrogen-bond donors (Lipinski definition) is 1. The summed E-state index contributed by atoms with van der Waals surface area (Å²) in [6, 6.07) is 1.69. The number of carbonyl (C=O) groups excluding carboxylic acids is 1. The Bertz CT molecular complexity index is 667. The lowest BCUT2D eigenvalue weighted by Gasteiger charge is -2.36. The minimum Gasteiger partial charge on any atom is -0.364 e. The number of nitrogens with zero attached hydrogens (tertiary/aromatic N) is 3. The van der Waals surface area contributed by atoms with Crippen LogP contribution >= 0.6 is 0 Å². The van der Waals surface area contributed by atoms with Crippen LogP contribution in [0.3, 0.4) is 0 Å². The fourth-order valence-corrected chi connectivity index (χ4v) is 4.79. The topological polar surface area (TPSA) is 88.6 Å². The molecule has 1 aromatic rings. The van der Waals surface area contributed by atoms with E-state index < -0.39 is 15.9 Å². The number of sulfonamides is 1. The monoisotopic (exact) mass is 312 g/mol. The molecule has 1 atom stereocenters. The highest BCUT2D eigenvalue weighted by Gasteiger charge is 2.36. The largest absolute Gasteiger partial charge is 0.364 e. The average molecular weight is 312 g/mol. The van der Waals surface area contributed by atoms with E-state index in [2.05, 4.69) is 4.90 Å². The third-order valence-corrected chi connectivity index (χ3v) is 6.25. The summed E-state index contributed by atoms with van der Waals surface area (Å²) in [6.07, 6.45) is 3.64. The van der Waals surface area contributed by atoms with Crippen LogP contribution in [0.4, 0.5) is 0 Å². The van der Waals surface area contributed by atoms with Crippen LogP contribution in [0.5, 0.6) is 0 Å². The highest BCUT2D eigenvalue weighted by molar-refractivity contribution is 7.89. The van der Waals surface area contributed by atoms with Gasteiger partial charge in [0.15, 0.2) is 0 Å². The second-order valence-corrected chi connectivity index (χ2v) is 7.67. The number of nitrogens with two attached hydrogens (primary N) is 1. The van der Waals surface area contributed by atoms with Crippen LogP contribution in [0.2, 0.25) is 0 Å². The molecule has 0 spiro atoms. The van der Waals surface area contributed by atoms with Gasteiger partial charge in [-0.3, -0.25) is 9.69 Å². The molecule has 7 nitrogen and oxygen atoms in total. The summed E-state index contributed by atoms with van der Waals surface area (Å²) >= 11 is 0. The van der Waals surface area contributed by atoms with E-state index in [0.29, 0.717) is 19.1 Å². The first-order chi connectivity index (χ1) is 9.89. The summed E-state index contributed by atoms with van der Waals surface area (Å²) in [6.45, 7) is 2.87. The van der Waals surface area contributed by atoms with Crippen LogP contribution in [0.15, 0.2) is 17.2 Å². The molecule has 0 aromatic carbocycles. The summed E-state index contributed by atoms with van der Waals surface area (Å²) in [7, 11) is -1.94. The molecule has 0 radical (unpaired) electrons. The van der Waals surface area contributed by atoms with Crippen molar-refractivity contribution in [3.8, 4) is 0 Å². The van der Waals surface area contributed by atoms with Crippen LogP contribution < -0.4 is 5.73 Å². The summed E-state index contributed by atoms with van der Waals surface area (Å²) in [4.78, 5) is 13.8. The van der Waals surface area contributed by atoms with E-state index in [1.807, 2.05) is 0 Å².